The van der Waals surface area contributed by atoms with E-state index in [9.17, 15) is 4.79 Å². The highest BCUT2D eigenvalue weighted by molar-refractivity contribution is 6.03. The highest BCUT2D eigenvalue weighted by Crippen LogP contribution is 2.27. The van der Waals surface area contributed by atoms with Crippen molar-refractivity contribution in [2.24, 2.45) is 0 Å². The first-order chi connectivity index (χ1) is 12.2. The Hall–Kier alpha value is -3.35. The fraction of sp³-hybridized carbons (Fsp3) is 0.167. The number of hydrogen-bond acceptors (Lipinski definition) is 6. The first-order valence-electron chi connectivity index (χ1n) is 7.76. The fourth-order valence-corrected chi connectivity index (χ4v) is 2.41. The lowest BCUT2D eigenvalue weighted by Gasteiger charge is -2.06. The van der Waals surface area contributed by atoms with Gasteiger partial charge in [0.05, 0.1) is 7.11 Å². The predicted molar refractivity (Wildman–Crippen MR) is 93.2 cm³/mol. The molecule has 0 spiro atoms. The molecular formula is C18H18N4O3. The molecule has 0 saturated heterocycles. The molecule has 7 nitrogen and oxygen atoms in total. The quantitative estimate of drug-likeness (QED) is 0.715. The van der Waals surface area contributed by atoms with Crippen molar-refractivity contribution in [3.63, 3.8) is 0 Å². The zero-order valence-electron chi connectivity index (χ0n) is 13.7. The molecule has 3 N–H and O–H groups in total. The van der Waals surface area contributed by atoms with Crippen LogP contribution in [-0.2, 0) is 6.42 Å². The highest BCUT2D eigenvalue weighted by atomic mass is 16.5. The van der Waals surface area contributed by atoms with Crippen molar-refractivity contribution in [3.8, 4) is 17.1 Å². The molecule has 128 valence electrons. The Morgan fingerprint density at radius 2 is 2.04 bits per heavy atom. The van der Waals surface area contributed by atoms with Crippen molar-refractivity contribution in [2.75, 3.05) is 19.4 Å². The second-order valence-electron chi connectivity index (χ2n) is 5.35. The van der Waals surface area contributed by atoms with Gasteiger partial charge in [-0.05, 0) is 18.1 Å². The topological polar surface area (TPSA) is 103 Å². The fourth-order valence-electron chi connectivity index (χ4n) is 2.41. The maximum Gasteiger partial charge on any atom is 0.259 e. The summed E-state index contributed by atoms with van der Waals surface area (Å²) in [6.45, 7) is 0.480. The number of pyridine rings is 1. The van der Waals surface area contributed by atoms with Gasteiger partial charge >= 0.3 is 0 Å². The monoisotopic (exact) mass is 338 g/mol. The SMILES string of the molecule is COc1ccc(-c2noc(N)c2C(=O)NCCc2ccccc2)cn1. The van der Waals surface area contributed by atoms with Crippen molar-refractivity contribution < 1.29 is 14.1 Å². The Morgan fingerprint density at radius 3 is 2.72 bits per heavy atom. The molecule has 3 rings (SSSR count). The van der Waals surface area contributed by atoms with Gasteiger partial charge in [0.25, 0.3) is 5.91 Å². The van der Waals surface area contributed by atoms with Gasteiger partial charge in [-0.3, -0.25) is 4.79 Å². The van der Waals surface area contributed by atoms with Crippen LogP contribution in [-0.4, -0.2) is 29.7 Å². The maximum absolute atomic E-state index is 12.5. The van der Waals surface area contributed by atoms with E-state index in [-0.39, 0.29) is 17.4 Å². The molecule has 2 heterocycles. The minimum Gasteiger partial charge on any atom is -0.481 e. The number of ether oxygens (including phenoxy) is 1. The number of amides is 1. The normalized spacial score (nSPS) is 10.4. The smallest absolute Gasteiger partial charge is 0.259 e. The largest absolute Gasteiger partial charge is 0.481 e. The lowest BCUT2D eigenvalue weighted by atomic mass is 10.1. The zero-order valence-corrected chi connectivity index (χ0v) is 13.7. The molecule has 1 aromatic carbocycles. The summed E-state index contributed by atoms with van der Waals surface area (Å²) in [7, 11) is 1.53. The second kappa shape index (κ2) is 7.48. The summed E-state index contributed by atoms with van der Waals surface area (Å²) in [5.74, 6) is 0.109. The Morgan fingerprint density at radius 1 is 1.24 bits per heavy atom. The molecule has 0 unspecified atom stereocenters. The average molecular weight is 338 g/mol. The van der Waals surface area contributed by atoms with Gasteiger partial charge in [-0.25, -0.2) is 4.98 Å². The van der Waals surface area contributed by atoms with Gasteiger partial charge in [-0.1, -0.05) is 35.5 Å². The van der Waals surface area contributed by atoms with Gasteiger partial charge < -0.3 is 20.3 Å². The molecule has 3 aromatic rings. The van der Waals surface area contributed by atoms with Crippen molar-refractivity contribution in [1.82, 2.24) is 15.5 Å². The Kier molecular flexibility index (Phi) is 4.94. The van der Waals surface area contributed by atoms with E-state index < -0.39 is 0 Å². The van der Waals surface area contributed by atoms with Gasteiger partial charge in [-0.2, -0.15) is 0 Å². The zero-order chi connectivity index (χ0) is 17.6. The molecule has 1 amide bonds. The van der Waals surface area contributed by atoms with E-state index in [4.69, 9.17) is 15.0 Å². The van der Waals surface area contributed by atoms with Gasteiger partial charge in [0.1, 0.15) is 11.3 Å². The van der Waals surface area contributed by atoms with Gasteiger partial charge in [0.15, 0.2) is 0 Å². The molecule has 0 aliphatic rings. The molecule has 0 saturated carbocycles. The van der Waals surface area contributed by atoms with E-state index in [1.165, 1.54) is 7.11 Å². The molecular weight excluding hydrogens is 320 g/mol. The number of nitrogens with two attached hydrogens (primary N) is 1. The summed E-state index contributed by atoms with van der Waals surface area (Å²) in [5, 5.41) is 6.73. The predicted octanol–water partition coefficient (Wildman–Crippen LogP) is 2.30. The Labute approximate surface area is 144 Å². The third kappa shape index (κ3) is 3.77. The van der Waals surface area contributed by atoms with Crippen LogP contribution < -0.4 is 15.8 Å². The summed E-state index contributed by atoms with van der Waals surface area (Å²) >= 11 is 0. The number of hydrogen-bond donors (Lipinski definition) is 2. The van der Waals surface area contributed by atoms with Crippen LogP contribution in [0.3, 0.4) is 0 Å². The van der Waals surface area contributed by atoms with Crippen molar-refractivity contribution in [1.29, 1.82) is 0 Å². The standard InChI is InChI=1S/C18H18N4O3/c1-24-14-8-7-13(11-21-14)16-15(17(19)25-22-16)18(23)20-10-9-12-5-3-2-4-6-12/h2-8,11H,9-10,19H2,1H3,(H,20,23). The van der Waals surface area contributed by atoms with Gasteiger partial charge in [0.2, 0.25) is 11.8 Å². The van der Waals surface area contributed by atoms with Crippen LogP contribution in [0.2, 0.25) is 0 Å². The van der Waals surface area contributed by atoms with Crippen LogP contribution >= 0.6 is 0 Å². The Bertz CT molecular complexity index is 845. The van der Waals surface area contributed by atoms with E-state index in [0.29, 0.717) is 23.7 Å². The minimum atomic E-state index is -0.333. The summed E-state index contributed by atoms with van der Waals surface area (Å²) < 4.78 is 10.0. The van der Waals surface area contributed by atoms with Crippen LogP contribution in [0.15, 0.2) is 53.2 Å². The molecule has 0 fully saturated rings. The van der Waals surface area contributed by atoms with Gasteiger partial charge in [-0.15, -0.1) is 0 Å². The van der Waals surface area contributed by atoms with E-state index >= 15 is 0 Å². The van der Waals surface area contributed by atoms with Crippen LogP contribution in [0.25, 0.3) is 11.3 Å². The molecule has 0 aliphatic carbocycles. The Balaban J connectivity index is 1.72. The van der Waals surface area contributed by atoms with Crippen LogP contribution in [0.4, 0.5) is 5.88 Å². The maximum atomic E-state index is 12.5. The number of aromatic nitrogens is 2. The molecule has 0 bridgehead atoms. The summed E-state index contributed by atoms with van der Waals surface area (Å²) in [5.41, 5.74) is 8.10. The minimum absolute atomic E-state index is 0.0250. The lowest BCUT2D eigenvalue weighted by molar-refractivity contribution is 0.0955. The molecule has 0 aliphatic heterocycles. The summed E-state index contributed by atoms with van der Waals surface area (Å²) in [6, 6.07) is 13.3. The number of rotatable bonds is 6. The summed E-state index contributed by atoms with van der Waals surface area (Å²) in [4.78, 5) is 16.6. The molecule has 25 heavy (non-hydrogen) atoms. The van der Waals surface area contributed by atoms with Crippen molar-refractivity contribution >= 4 is 11.8 Å². The lowest BCUT2D eigenvalue weighted by Crippen LogP contribution is -2.26. The van der Waals surface area contributed by atoms with E-state index in [2.05, 4.69) is 15.5 Å². The molecule has 2 aromatic heterocycles. The summed E-state index contributed by atoms with van der Waals surface area (Å²) in [6.07, 6.45) is 2.27. The third-order valence-electron chi connectivity index (χ3n) is 3.71. The second-order valence-corrected chi connectivity index (χ2v) is 5.35. The molecule has 7 heteroatoms. The number of nitrogen functional groups attached to an aromatic ring is 1. The first kappa shape index (κ1) is 16.5. The molecule has 0 atom stereocenters. The highest BCUT2D eigenvalue weighted by Gasteiger charge is 2.22. The first-order valence-corrected chi connectivity index (χ1v) is 7.76. The number of methoxy groups -OCH3 is 1. The van der Waals surface area contributed by atoms with E-state index in [1.54, 1.807) is 18.3 Å². The van der Waals surface area contributed by atoms with Gasteiger partial charge in [0, 0.05) is 24.4 Å². The van der Waals surface area contributed by atoms with Crippen LogP contribution in [0.5, 0.6) is 5.88 Å². The number of carbonyl (C=O) groups excluding carboxylic acids is 1. The van der Waals surface area contributed by atoms with E-state index in [1.807, 2.05) is 30.3 Å². The number of benzene rings is 1. The molecule has 0 radical (unpaired) electrons. The number of carbonyl (C=O) groups is 1. The number of anilines is 1. The van der Waals surface area contributed by atoms with E-state index in [0.717, 1.165) is 12.0 Å². The average Bonchev–Trinajstić information content (AvgIpc) is 3.04. The van der Waals surface area contributed by atoms with Crippen molar-refractivity contribution in [3.05, 3.63) is 59.8 Å². The van der Waals surface area contributed by atoms with Crippen molar-refractivity contribution in [2.45, 2.75) is 6.42 Å². The third-order valence-corrected chi connectivity index (χ3v) is 3.71. The van der Waals surface area contributed by atoms with Crippen LogP contribution in [0, 0.1) is 0 Å². The number of nitrogens with one attached hydrogen (secondary N) is 1. The van der Waals surface area contributed by atoms with Crippen LogP contribution in [0.1, 0.15) is 15.9 Å². The number of nitrogens with zero attached hydrogens (tertiary/aromatic N) is 2.